The molecule has 0 atom stereocenters. The third-order valence-corrected chi connectivity index (χ3v) is 5.24. The number of hydrogen-bond donors (Lipinski definition) is 1. The van der Waals surface area contributed by atoms with E-state index in [1.807, 2.05) is 0 Å². The predicted molar refractivity (Wildman–Crippen MR) is 121 cm³/mol. The van der Waals surface area contributed by atoms with Gasteiger partial charge in [0.15, 0.2) is 11.5 Å². The first-order valence-corrected chi connectivity index (χ1v) is 10.3. The summed E-state index contributed by atoms with van der Waals surface area (Å²) in [6, 6.07) is 15.9. The van der Waals surface area contributed by atoms with Crippen molar-refractivity contribution in [3.05, 3.63) is 87.7 Å². The third-order valence-electron chi connectivity index (χ3n) is 4.65. The van der Waals surface area contributed by atoms with Crippen molar-refractivity contribution in [2.45, 2.75) is 6.61 Å². The molecule has 4 rings (SSSR count). The molecule has 0 fully saturated rings. The Bertz CT molecular complexity index is 1380. The Hall–Kier alpha value is -3.70. The van der Waals surface area contributed by atoms with Gasteiger partial charge in [-0.1, -0.05) is 12.1 Å². The molecule has 0 unspecified atom stereocenters. The van der Waals surface area contributed by atoms with Crippen molar-refractivity contribution in [2.75, 3.05) is 7.11 Å². The van der Waals surface area contributed by atoms with Gasteiger partial charge in [0, 0.05) is 0 Å². The van der Waals surface area contributed by atoms with Gasteiger partial charge < -0.3 is 14.5 Å². The maximum absolute atomic E-state index is 13.5. The number of nitrogens with zero attached hydrogens (tertiary/aromatic N) is 2. The molecular weight excluding hydrogens is 480 g/mol. The van der Waals surface area contributed by atoms with E-state index in [1.165, 1.54) is 31.4 Å². The minimum atomic E-state index is -0.391. The van der Waals surface area contributed by atoms with Gasteiger partial charge in [-0.15, -0.1) is 0 Å². The fraction of sp³-hybridized carbons (Fsp3) is 0.0833. The third kappa shape index (κ3) is 4.63. The van der Waals surface area contributed by atoms with Gasteiger partial charge in [-0.05, 0) is 75.6 Å². The number of benzene rings is 3. The van der Waals surface area contributed by atoms with E-state index >= 15 is 0 Å². The van der Waals surface area contributed by atoms with Crippen molar-refractivity contribution in [1.29, 1.82) is 5.26 Å². The number of imidazole rings is 1. The van der Waals surface area contributed by atoms with E-state index in [0.29, 0.717) is 44.0 Å². The molecule has 0 aliphatic heterocycles. The van der Waals surface area contributed by atoms with Crippen LogP contribution in [-0.2, 0) is 6.61 Å². The van der Waals surface area contributed by atoms with Gasteiger partial charge in [-0.3, -0.25) is 0 Å². The van der Waals surface area contributed by atoms with Crippen molar-refractivity contribution >= 4 is 38.6 Å². The second-order valence-electron chi connectivity index (χ2n) is 6.87. The summed E-state index contributed by atoms with van der Waals surface area (Å²) >= 11 is 3.47. The monoisotopic (exact) mass is 495 g/mol. The number of hydrogen-bond acceptors (Lipinski definition) is 4. The zero-order valence-electron chi connectivity index (χ0n) is 16.8. The van der Waals surface area contributed by atoms with Crippen LogP contribution in [0.25, 0.3) is 22.7 Å². The molecule has 8 heteroatoms. The summed E-state index contributed by atoms with van der Waals surface area (Å²) in [7, 11) is 1.50. The topological polar surface area (TPSA) is 70.9 Å². The molecule has 1 aromatic heterocycles. The summed E-state index contributed by atoms with van der Waals surface area (Å²) < 4.78 is 38.8. The van der Waals surface area contributed by atoms with Crippen LogP contribution in [0.2, 0.25) is 0 Å². The molecule has 3 aromatic carbocycles. The quantitative estimate of drug-likeness (QED) is 0.320. The van der Waals surface area contributed by atoms with E-state index in [1.54, 1.807) is 36.4 Å². The Balaban J connectivity index is 1.64. The smallest absolute Gasteiger partial charge is 0.175 e. The molecule has 32 heavy (non-hydrogen) atoms. The lowest BCUT2D eigenvalue weighted by molar-refractivity contribution is 0.282. The van der Waals surface area contributed by atoms with Crippen LogP contribution in [0.4, 0.5) is 8.78 Å². The summed E-state index contributed by atoms with van der Waals surface area (Å²) in [5, 5.41) is 9.65. The fourth-order valence-corrected chi connectivity index (χ4v) is 3.75. The zero-order chi connectivity index (χ0) is 22.7. The van der Waals surface area contributed by atoms with Gasteiger partial charge >= 0.3 is 0 Å². The van der Waals surface area contributed by atoms with E-state index < -0.39 is 5.82 Å². The number of rotatable bonds is 6. The summed E-state index contributed by atoms with van der Waals surface area (Å²) in [4.78, 5) is 7.33. The molecule has 4 aromatic rings. The van der Waals surface area contributed by atoms with E-state index in [-0.39, 0.29) is 18.0 Å². The fourth-order valence-electron chi connectivity index (χ4n) is 3.18. The van der Waals surface area contributed by atoms with Crippen LogP contribution in [0, 0.1) is 23.0 Å². The standard InChI is InChI=1S/C24H16BrF2N3O2/c1-31-22-10-15(9-19(25)23(22)32-13-14-3-2-4-17(26)8-14)7-16(12-28)24-29-20-6-5-18(27)11-21(20)30-24/h2-11H,13H2,1H3,(H,29,30)/b16-7-. The SMILES string of the molecule is COc1cc(/C=C(/C#N)c2nc3ccc(F)cc3[nH]2)cc(Br)c1OCc1cccc(F)c1. The minimum Gasteiger partial charge on any atom is -0.493 e. The second-order valence-corrected chi connectivity index (χ2v) is 7.72. The normalized spacial score (nSPS) is 11.4. The predicted octanol–water partition coefficient (Wildman–Crippen LogP) is 6.26. The van der Waals surface area contributed by atoms with Gasteiger partial charge in [0.25, 0.3) is 0 Å². The highest BCUT2D eigenvalue weighted by Crippen LogP contribution is 2.38. The zero-order valence-corrected chi connectivity index (χ0v) is 18.4. The first-order valence-electron chi connectivity index (χ1n) is 9.49. The molecule has 5 nitrogen and oxygen atoms in total. The van der Waals surface area contributed by atoms with E-state index in [4.69, 9.17) is 9.47 Å². The lowest BCUT2D eigenvalue weighted by atomic mass is 10.1. The van der Waals surface area contributed by atoms with E-state index in [2.05, 4.69) is 32.0 Å². The number of halogens is 3. The molecule has 160 valence electrons. The summed E-state index contributed by atoms with van der Waals surface area (Å²) in [5.74, 6) is 0.486. The van der Waals surface area contributed by atoms with Crippen LogP contribution in [0.5, 0.6) is 11.5 Å². The Labute approximate surface area is 191 Å². The number of ether oxygens (including phenoxy) is 2. The van der Waals surface area contributed by atoms with Gasteiger partial charge in [-0.2, -0.15) is 5.26 Å². The minimum absolute atomic E-state index is 0.154. The number of aromatic nitrogens is 2. The summed E-state index contributed by atoms with van der Waals surface area (Å²) in [5.41, 5.74) is 2.67. The van der Waals surface area contributed by atoms with Gasteiger partial charge in [-0.25, -0.2) is 13.8 Å². The van der Waals surface area contributed by atoms with Crippen LogP contribution >= 0.6 is 15.9 Å². The molecule has 1 N–H and O–H groups in total. The Morgan fingerprint density at radius 3 is 2.72 bits per heavy atom. The Morgan fingerprint density at radius 2 is 1.97 bits per heavy atom. The van der Waals surface area contributed by atoms with Crippen molar-refractivity contribution in [3.63, 3.8) is 0 Å². The number of aromatic amines is 1. The number of nitrogens with one attached hydrogen (secondary N) is 1. The average Bonchev–Trinajstić information content (AvgIpc) is 3.19. The van der Waals surface area contributed by atoms with Gasteiger partial charge in [0.1, 0.15) is 30.1 Å². The summed E-state index contributed by atoms with van der Waals surface area (Å²) in [6.45, 7) is 0.154. The van der Waals surface area contributed by atoms with Gasteiger partial charge in [0.2, 0.25) is 0 Å². The number of fused-ring (bicyclic) bond motifs is 1. The van der Waals surface area contributed by atoms with Crippen molar-refractivity contribution in [3.8, 4) is 17.6 Å². The van der Waals surface area contributed by atoms with Crippen molar-refractivity contribution < 1.29 is 18.3 Å². The average molecular weight is 496 g/mol. The summed E-state index contributed by atoms with van der Waals surface area (Å²) in [6.07, 6.45) is 1.64. The highest BCUT2D eigenvalue weighted by Gasteiger charge is 2.14. The maximum Gasteiger partial charge on any atom is 0.175 e. The molecule has 1 heterocycles. The molecule has 0 spiro atoms. The maximum atomic E-state index is 13.5. The molecule has 0 radical (unpaired) electrons. The van der Waals surface area contributed by atoms with Crippen LogP contribution in [-0.4, -0.2) is 17.1 Å². The Kier molecular flexibility index (Phi) is 6.19. The second kappa shape index (κ2) is 9.20. The number of methoxy groups -OCH3 is 1. The van der Waals surface area contributed by atoms with E-state index in [9.17, 15) is 14.0 Å². The highest BCUT2D eigenvalue weighted by atomic mass is 79.9. The van der Waals surface area contributed by atoms with Crippen LogP contribution in [0.15, 0.2) is 59.1 Å². The lowest BCUT2D eigenvalue weighted by Gasteiger charge is -2.14. The molecule has 0 amide bonds. The first kappa shape index (κ1) is 21.5. The molecule has 0 aliphatic carbocycles. The van der Waals surface area contributed by atoms with Crippen LogP contribution in [0.1, 0.15) is 17.0 Å². The Morgan fingerprint density at radius 1 is 1.16 bits per heavy atom. The van der Waals surface area contributed by atoms with E-state index in [0.717, 1.165) is 0 Å². The van der Waals surface area contributed by atoms with Crippen molar-refractivity contribution in [1.82, 2.24) is 9.97 Å². The molecular formula is C24H16BrF2N3O2. The van der Waals surface area contributed by atoms with Crippen LogP contribution in [0.3, 0.4) is 0 Å². The first-order chi connectivity index (χ1) is 15.5. The number of H-pyrrole nitrogens is 1. The van der Waals surface area contributed by atoms with Gasteiger partial charge in [0.05, 0.1) is 28.2 Å². The number of allylic oxidation sites excluding steroid dienone is 1. The lowest BCUT2D eigenvalue weighted by Crippen LogP contribution is -1.99. The largest absolute Gasteiger partial charge is 0.493 e. The van der Waals surface area contributed by atoms with Crippen molar-refractivity contribution in [2.24, 2.45) is 0 Å². The molecule has 0 saturated heterocycles. The van der Waals surface area contributed by atoms with Crippen LogP contribution < -0.4 is 9.47 Å². The molecule has 0 saturated carbocycles. The highest BCUT2D eigenvalue weighted by molar-refractivity contribution is 9.10. The molecule has 0 aliphatic rings. The molecule has 0 bridgehead atoms. The number of nitriles is 1.